The Kier molecular flexibility index (Phi) is 43.4. The number of carbonyl (C=O) groups excluding carboxylic acids is 11. The summed E-state index contributed by atoms with van der Waals surface area (Å²) in [5.41, 5.74) is 23.3. The van der Waals surface area contributed by atoms with Crippen molar-refractivity contribution in [3.8, 4) is 0 Å². The molecular formula is C66H126N14O11. The van der Waals surface area contributed by atoms with Crippen LogP contribution in [0.4, 0.5) is 0 Å². The van der Waals surface area contributed by atoms with Gasteiger partial charge in [-0.15, -0.1) is 0 Å². The Labute approximate surface area is 545 Å². The lowest BCUT2D eigenvalue weighted by molar-refractivity contribution is -0.136. The zero-order chi connectivity index (χ0) is 69.7. The van der Waals surface area contributed by atoms with Gasteiger partial charge in [0, 0.05) is 0 Å². The summed E-state index contributed by atoms with van der Waals surface area (Å²) in [5, 5.41) is 28.3. The number of aldehydes is 1. The Balaban J connectivity index is 6.94. The summed E-state index contributed by atoms with van der Waals surface area (Å²) >= 11 is 0. The summed E-state index contributed by atoms with van der Waals surface area (Å²) in [7, 11) is 0. The fourth-order valence-electron chi connectivity index (χ4n) is 10.4. The molecule has 0 unspecified atom stereocenters. The Morgan fingerprint density at radius 3 is 0.670 bits per heavy atom. The van der Waals surface area contributed by atoms with Crippen molar-refractivity contribution in [3.05, 3.63) is 0 Å². The SMILES string of the molecule is CC(C)C[C@H](NC(=O)[C@H](CC(C)C)NC(=O)[C@H](CC(C)C)NC(=O)[C@H](CC(C)C)NC(=O)[C@H](CCCCN)NC(=O)[C@H](CC(C)C)NC(=O)[C@H](CC(C)C)NC(=O)[C@H](CC(C)C)NC(=O)[C@H](CC(C)C)NC(=O)[C@@H](N)CCCCN)C(=O)N[C@H](C=O)CCCCN. The van der Waals surface area contributed by atoms with Gasteiger partial charge >= 0.3 is 0 Å². The monoisotopic (exact) mass is 1290 g/mol. The van der Waals surface area contributed by atoms with Crippen LogP contribution in [0.1, 0.15) is 220 Å². The second-order valence-electron chi connectivity index (χ2n) is 28.3. The maximum atomic E-state index is 14.6. The van der Waals surface area contributed by atoms with Gasteiger partial charge in [0.1, 0.15) is 60.7 Å². The molecule has 0 fully saturated rings. The molecule has 0 aliphatic heterocycles. The third-order valence-corrected chi connectivity index (χ3v) is 15.1. The van der Waals surface area contributed by atoms with Crippen molar-refractivity contribution >= 4 is 65.4 Å². The van der Waals surface area contributed by atoms with Crippen LogP contribution < -0.4 is 76.1 Å². The summed E-state index contributed by atoms with van der Waals surface area (Å²) in [6, 6.07) is -11.9. The molecule has 0 aliphatic rings. The molecule has 0 rings (SSSR count). The fraction of sp³-hybridized carbons (Fsp3) is 0.833. The van der Waals surface area contributed by atoms with E-state index in [0.29, 0.717) is 77.3 Å². The van der Waals surface area contributed by atoms with E-state index in [1.54, 1.807) is 0 Å². The van der Waals surface area contributed by atoms with Crippen molar-refractivity contribution in [3.63, 3.8) is 0 Å². The van der Waals surface area contributed by atoms with Crippen LogP contribution in [0.3, 0.4) is 0 Å². The van der Waals surface area contributed by atoms with E-state index in [2.05, 4.69) is 53.2 Å². The van der Waals surface area contributed by atoms with E-state index >= 15 is 0 Å². The molecule has 0 heterocycles. The van der Waals surface area contributed by atoms with Crippen LogP contribution in [0.2, 0.25) is 0 Å². The summed E-state index contributed by atoms with van der Waals surface area (Å²) in [6.07, 6.45) is 6.51. The normalized spacial score (nSPS) is 15.4. The number of hydrogen-bond acceptors (Lipinski definition) is 15. The van der Waals surface area contributed by atoms with E-state index in [4.69, 9.17) is 22.9 Å². The van der Waals surface area contributed by atoms with E-state index in [1.165, 1.54) is 0 Å². The highest BCUT2D eigenvalue weighted by molar-refractivity contribution is 5.99. The third kappa shape index (κ3) is 37.5. The lowest BCUT2D eigenvalue weighted by Crippen LogP contribution is -2.61. The van der Waals surface area contributed by atoms with Gasteiger partial charge in [-0.3, -0.25) is 47.9 Å². The van der Waals surface area contributed by atoms with Gasteiger partial charge in [0.15, 0.2) is 0 Å². The van der Waals surface area contributed by atoms with Crippen LogP contribution in [0.5, 0.6) is 0 Å². The van der Waals surface area contributed by atoms with E-state index in [-0.39, 0.29) is 105 Å². The van der Waals surface area contributed by atoms with Crippen molar-refractivity contribution in [1.29, 1.82) is 0 Å². The molecule has 18 N–H and O–H groups in total. The minimum atomic E-state index is -1.22. The second-order valence-corrected chi connectivity index (χ2v) is 28.3. The average Bonchev–Trinajstić information content (AvgIpc) is 3.37. The van der Waals surface area contributed by atoms with Gasteiger partial charge in [0.2, 0.25) is 59.1 Å². The number of hydrogen-bond donors (Lipinski definition) is 14. The van der Waals surface area contributed by atoms with Crippen molar-refractivity contribution in [2.75, 3.05) is 19.6 Å². The molecule has 11 atom stereocenters. The zero-order valence-electron chi connectivity index (χ0n) is 58.5. The minimum absolute atomic E-state index is 0.0172. The standard InChI is InChI=1S/C66H126N14O11/c1-38(2)29-49(59(84)71-46(37-81)23-17-20-26-67)75-63(88)53(33-42(9)10)79-66(91)56(36-45(15)16)78-62(87)52(32-41(7)8)74-58(83)48(25-19-22-28-69)72-60(85)51(31-40(5)6)76-64(89)55(35-44(13)14)80-65(90)54(34-43(11)12)77-61(86)50(30-39(3)4)73-57(82)47(70)24-18-21-27-68/h37-56H,17-36,67-70H2,1-16H3,(H,71,84)(H,72,85)(H,73,82)(H,74,83)(H,75,88)(H,76,89)(H,77,86)(H,78,87)(H,79,91)(H,80,90)/t46-,47-,48-,49-,50-,51-,52-,53-,54-,55-,56-/m0/s1. The summed E-state index contributed by atoms with van der Waals surface area (Å²) in [4.78, 5) is 154. The maximum Gasteiger partial charge on any atom is 0.243 e. The molecule has 10 amide bonds. The van der Waals surface area contributed by atoms with Crippen LogP contribution >= 0.6 is 0 Å². The summed E-state index contributed by atoms with van der Waals surface area (Å²) < 4.78 is 0. The molecule has 0 aromatic carbocycles. The van der Waals surface area contributed by atoms with Gasteiger partial charge in [-0.05, 0) is 170 Å². The number of unbranched alkanes of at least 4 members (excludes halogenated alkanes) is 3. The second kappa shape index (κ2) is 46.3. The first-order valence-corrected chi connectivity index (χ1v) is 33.9. The molecular weight excluding hydrogens is 1160 g/mol. The molecule has 0 aliphatic carbocycles. The van der Waals surface area contributed by atoms with Gasteiger partial charge in [0.05, 0.1) is 12.1 Å². The molecule has 0 spiro atoms. The molecule has 25 nitrogen and oxygen atoms in total. The van der Waals surface area contributed by atoms with E-state index in [1.807, 2.05) is 111 Å². The van der Waals surface area contributed by atoms with E-state index < -0.39 is 126 Å². The van der Waals surface area contributed by atoms with Crippen molar-refractivity contribution in [1.82, 2.24) is 53.2 Å². The number of amides is 10. The first kappa shape index (κ1) is 85.2. The van der Waals surface area contributed by atoms with E-state index in [9.17, 15) is 52.7 Å². The van der Waals surface area contributed by atoms with Crippen LogP contribution in [-0.4, -0.2) is 151 Å². The molecule has 0 radical (unpaired) electrons. The van der Waals surface area contributed by atoms with Crippen LogP contribution in [-0.2, 0) is 52.7 Å². The lowest BCUT2D eigenvalue weighted by Gasteiger charge is -2.30. The number of nitrogens with two attached hydrogens (primary N) is 4. The Morgan fingerprint density at radius 2 is 0.451 bits per heavy atom. The van der Waals surface area contributed by atoms with Gasteiger partial charge < -0.3 is 80.9 Å². The molecule has 0 bridgehead atoms. The molecule has 0 aromatic heterocycles. The van der Waals surface area contributed by atoms with Crippen LogP contribution in [0, 0.1) is 47.3 Å². The largest absolute Gasteiger partial charge is 0.345 e. The highest BCUT2D eigenvalue weighted by Gasteiger charge is 2.37. The summed E-state index contributed by atoms with van der Waals surface area (Å²) in [5.74, 6) is -7.07. The lowest BCUT2D eigenvalue weighted by atomic mass is 9.97. The van der Waals surface area contributed by atoms with Crippen molar-refractivity contribution in [2.24, 2.45) is 70.3 Å². The molecule has 0 saturated heterocycles. The molecule has 0 saturated carbocycles. The van der Waals surface area contributed by atoms with Crippen molar-refractivity contribution in [2.45, 2.75) is 286 Å². The first-order chi connectivity index (χ1) is 42.6. The molecule has 0 aromatic rings. The number of carbonyl (C=O) groups is 11. The highest BCUT2D eigenvalue weighted by atomic mass is 16.2. The molecule has 25 heteroatoms. The predicted octanol–water partition coefficient (Wildman–Crippen LogP) is 3.12. The van der Waals surface area contributed by atoms with Crippen LogP contribution in [0.25, 0.3) is 0 Å². The van der Waals surface area contributed by atoms with Crippen LogP contribution in [0.15, 0.2) is 0 Å². The minimum Gasteiger partial charge on any atom is -0.345 e. The maximum absolute atomic E-state index is 14.6. The fourth-order valence-corrected chi connectivity index (χ4v) is 10.4. The summed E-state index contributed by atoms with van der Waals surface area (Å²) in [6.45, 7) is 31.2. The Morgan fingerprint density at radius 1 is 0.264 bits per heavy atom. The highest BCUT2D eigenvalue weighted by Crippen LogP contribution is 2.17. The topological polar surface area (TPSA) is 412 Å². The predicted molar refractivity (Wildman–Crippen MR) is 358 cm³/mol. The van der Waals surface area contributed by atoms with Gasteiger partial charge in [0.25, 0.3) is 0 Å². The Hall–Kier alpha value is -5.79. The van der Waals surface area contributed by atoms with Gasteiger partial charge in [-0.2, -0.15) is 0 Å². The smallest absolute Gasteiger partial charge is 0.243 e. The molecule has 526 valence electrons. The van der Waals surface area contributed by atoms with E-state index in [0.717, 1.165) is 0 Å². The quantitative estimate of drug-likeness (QED) is 0.0307. The first-order valence-electron chi connectivity index (χ1n) is 33.9. The van der Waals surface area contributed by atoms with Crippen molar-refractivity contribution < 1.29 is 52.7 Å². The third-order valence-electron chi connectivity index (χ3n) is 15.1. The number of nitrogens with one attached hydrogen (secondary N) is 10. The zero-order valence-corrected chi connectivity index (χ0v) is 58.5. The average molecular weight is 1290 g/mol. The molecule has 91 heavy (non-hydrogen) atoms. The van der Waals surface area contributed by atoms with Gasteiger partial charge in [-0.25, -0.2) is 0 Å². The number of rotatable bonds is 49. The van der Waals surface area contributed by atoms with Gasteiger partial charge in [-0.1, -0.05) is 117 Å². The Bertz CT molecular complexity index is 2210.